The lowest BCUT2D eigenvalue weighted by molar-refractivity contribution is -0.438. The van der Waals surface area contributed by atoms with Crippen LogP contribution in [0.25, 0.3) is 0 Å². The molecular weight excluding hydrogens is 857 g/mol. The van der Waals surface area contributed by atoms with E-state index in [0.29, 0.717) is 38.6 Å². The molecule has 4 aromatic carbocycles. The Labute approximate surface area is 411 Å². The van der Waals surface area contributed by atoms with Crippen LogP contribution in [0.15, 0.2) is 143 Å². The molecule has 2 amide bonds. The summed E-state index contributed by atoms with van der Waals surface area (Å²) in [6.07, 6.45) is 20.5. The number of hydrogen-bond acceptors (Lipinski definition) is 6. The SMILES string of the molecule is CCCCc1ccc(N=Nc2ccc(CCCC(=O)NCCCCC(NC(=O)CCCCC[N+]3=C(/C=C/C=C/C=C4/N(CC)c5ccccc5C4(C)C)C(C)(C)c4ccccc43)C(=O)O)cc2)cc1. The number of aryl methyl sites for hydroxylation is 2. The second-order valence-corrected chi connectivity index (χ2v) is 19.5. The van der Waals surface area contributed by atoms with E-state index in [4.69, 9.17) is 0 Å². The highest BCUT2D eigenvalue weighted by atomic mass is 16.4. The van der Waals surface area contributed by atoms with E-state index < -0.39 is 12.0 Å². The van der Waals surface area contributed by atoms with Gasteiger partial charge in [-0.2, -0.15) is 14.8 Å². The lowest BCUT2D eigenvalue weighted by atomic mass is 9.81. The first kappa shape index (κ1) is 52.0. The maximum absolute atomic E-state index is 12.9. The van der Waals surface area contributed by atoms with Crippen molar-refractivity contribution >= 4 is 46.2 Å². The standard InChI is InChI=1S/C59H74N6O4/c1-7-9-23-44-34-38-46(39-35-44)62-63-47-40-36-45(37-41-47)24-22-33-55(66)60-42-20-19-27-50(57(68)69)61-56(67)32-14-11-21-43-65-52-29-18-16-26-49(52)59(5,6)54(65)31-13-10-12-30-53-58(3,4)48-25-15-17-28-51(48)64(53)8-2/h10,12-13,15-18,25-26,28-31,34-41,50H,7-9,11,14,19-24,27,32-33,42-43H2,1-6H3,(H2-,60,61,66,67,68,69)/p+1. The quantitative estimate of drug-likeness (QED) is 0.0250. The molecule has 4 aromatic rings. The Morgan fingerprint density at radius 2 is 1.32 bits per heavy atom. The molecule has 0 aromatic heterocycles. The fourth-order valence-electron chi connectivity index (χ4n) is 9.67. The van der Waals surface area contributed by atoms with Gasteiger partial charge in [-0.15, -0.1) is 0 Å². The van der Waals surface area contributed by atoms with E-state index >= 15 is 0 Å². The summed E-state index contributed by atoms with van der Waals surface area (Å²) in [5, 5.41) is 24.3. The normalized spacial score (nSPS) is 15.9. The number of rotatable bonds is 26. The molecule has 10 heteroatoms. The van der Waals surface area contributed by atoms with Crippen molar-refractivity contribution in [2.45, 2.75) is 142 Å². The number of nitrogens with one attached hydrogen (secondary N) is 2. The number of aliphatic carboxylic acids is 1. The first-order chi connectivity index (χ1) is 33.3. The highest BCUT2D eigenvalue weighted by Gasteiger charge is 2.44. The van der Waals surface area contributed by atoms with Gasteiger partial charge in [0.25, 0.3) is 0 Å². The number of unbranched alkanes of at least 4 members (excludes halogenated alkanes) is 4. The van der Waals surface area contributed by atoms with Crippen molar-refractivity contribution in [1.82, 2.24) is 10.6 Å². The van der Waals surface area contributed by atoms with E-state index in [1.165, 1.54) is 52.3 Å². The molecule has 3 N–H and O–H groups in total. The number of hydrogen-bond donors (Lipinski definition) is 3. The first-order valence-corrected chi connectivity index (χ1v) is 25.4. The van der Waals surface area contributed by atoms with Crippen LogP contribution in [0.3, 0.4) is 0 Å². The summed E-state index contributed by atoms with van der Waals surface area (Å²) in [5.41, 5.74) is 11.5. The number of carbonyl (C=O) groups excluding carboxylic acids is 2. The summed E-state index contributed by atoms with van der Waals surface area (Å²) in [7, 11) is 0. The van der Waals surface area contributed by atoms with Gasteiger partial charge in [0.05, 0.1) is 16.8 Å². The number of carboxylic acid groups (broad SMARTS) is 1. The van der Waals surface area contributed by atoms with Crippen LogP contribution < -0.4 is 15.5 Å². The van der Waals surface area contributed by atoms with Crippen LogP contribution in [0.1, 0.15) is 134 Å². The average molecular weight is 932 g/mol. The summed E-state index contributed by atoms with van der Waals surface area (Å²) in [4.78, 5) is 39.9. The minimum absolute atomic E-state index is 0.0208. The van der Waals surface area contributed by atoms with Crippen molar-refractivity contribution in [2.75, 3.05) is 24.5 Å². The maximum atomic E-state index is 12.9. The molecule has 0 fully saturated rings. The number of carbonyl (C=O) groups is 3. The summed E-state index contributed by atoms with van der Waals surface area (Å²) in [6.45, 7) is 15.8. The molecule has 2 aliphatic rings. The Bertz CT molecular complexity index is 2510. The molecule has 364 valence electrons. The largest absolute Gasteiger partial charge is 0.480 e. The topological polar surface area (TPSA) is 126 Å². The Morgan fingerprint density at radius 3 is 1.99 bits per heavy atom. The van der Waals surface area contributed by atoms with E-state index in [1.807, 2.05) is 36.4 Å². The van der Waals surface area contributed by atoms with Gasteiger partial charge in [0, 0.05) is 66.9 Å². The van der Waals surface area contributed by atoms with Crippen molar-refractivity contribution < 1.29 is 24.1 Å². The molecule has 69 heavy (non-hydrogen) atoms. The number of para-hydroxylation sites is 2. The van der Waals surface area contributed by atoms with E-state index in [1.54, 1.807) is 0 Å². The van der Waals surface area contributed by atoms with Crippen molar-refractivity contribution in [3.8, 4) is 0 Å². The van der Waals surface area contributed by atoms with Crippen LogP contribution in [-0.2, 0) is 38.1 Å². The Hall–Kier alpha value is -6.42. The van der Waals surface area contributed by atoms with Crippen molar-refractivity contribution in [3.05, 3.63) is 155 Å². The molecule has 0 saturated heterocycles. The van der Waals surface area contributed by atoms with Crippen LogP contribution >= 0.6 is 0 Å². The Morgan fingerprint density at radius 1 is 0.681 bits per heavy atom. The van der Waals surface area contributed by atoms with Gasteiger partial charge in [0.15, 0.2) is 5.71 Å². The lowest BCUT2D eigenvalue weighted by Gasteiger charge is -2.25. The van der Waals surface area contributed by atoms with E-state index in [2.05, 4.69) is 163 Å². The molecule has 1 unspecified atom stereocenters. The van der Waals surface area contributed by atoms with E-state index in [0.717, 1.165) is 62.1 Å². The number of azo groups is 1. The predicted octanol–water partition coefficient (Wildman–Crippen LogP) is 13.1. The fourth-order valence-corrected chi connectivity index (χ4v) is 9.67. The highest BCUT2D eigenvalue weighted by molar-refractivity contribution is 6.03. The van der Waals surface area contributed by atoms with E-state index in [9.17, 15) is 19.5 Å². The second-order valence-electron chi connectivity index (χ2n) is 19.5. The van der Waals surface area contributed by atoms with Gasteiger partial charge in [-0.1, -0.05) is 106 Å². The first-order valence-electron chi connectivity index (χ1n) is 25.4. The number of anilines is 1. The molecule has 1 atom stereocenters. The summed E-state index contributed by atoms with van der Waals surface area (Å²) in [6, 6.07) is 32.5. The minimum atomic E-state index is -1.04. The smallest absolute Gasteiger partial charge is 0.326 e. The Balaban J connectivity index is 0.878. The van der Waals surface area contributed by atoms with Crippen molar-refractivity contribution in [3.63, 3.8) is 0 Å². The number of nitrogens with zero attached hydrogens (tertiary/aromatic N) is 4. The number of carboxylic acids is 1. The molecule has 2 heterocycles. The molecule has 6 rings (SSSR count). The molecule has 0 aliphatic carbocycles. The zero-order valence-electron chi connectivity index (χ0n) is 42.0. The zero-order valence-corrected chi connectivity index (χ0v) is 42.0. The average Bonchev–Trinajstić information content (AvgIpc) is 3.70. The number of benzene rings is 4. The number of fused-ring (bicyclic) bond motifs is 2. The van der Waals surface area contributed by atoms with Crippen LogP contribution in [0.2, 0.25) is 0 Å². The number of likely N-dealkylation sites (N-methyl/N-ethyl adjacent to an activating group) is 1. The molecule has 10 nitrogen and oxygen atoms in total. The zero-order chi connectivity index (χ0) is 49.2. The third-order valence-corrected chi connectivity index (χ3v) is 13.6. The molecule has 0 spiro atoms. The minimum Gasteiger partial charge on any atom is -0.480 e. The third-order valence-electron chi connectivity index (χ3n) is 13.6. The molecule has 0 radical (unpaired) electrons. The van der Waals surface area contributed by atoms with Crippen LogP contribution in [0.5, 0.6) is 0 Å². The predicted molar refractivity (Wildman–Crippen MR) is 282 cm³/mol. The molecular formula is C59H75N6O4+. The van der Waals surface area contributed by atoms with Gasteiger partial charge in [-0.3, -0.25) is 9.59 Å². The van der Waals surface area contributed by atoms with Gasteiger partial charge in [0.2, 0.25) is 17.5 Å². The van der Waals surface area contributed by atoms with Gasteiger partial charge < -0.3 is 20.6 Å². The summed E-state index contributed by atoms with van der Waals surface area (Å²) < 4.78 is 2.42. The van der Waals surface area contributed by atoms with Crippen LogP contribution in [-0.4, -0.2) is 58.9 Å². The van der Waals surface area contributed by atoms with Crippen LogP contribution in [0, 0.1) is 0 Å². The molecule has 0 bridgehead atoms. The van der Waals surface area contributed by atoms with Gasteiger partial charge >= 0.3 is 5.97 Å². The summed E-state index contributed by atoms with van der Waals surface area (Å²) in [5.74, 6) is -1.30. The summed E-state index contributed by atoms with van der Waals surface area (Å²) >= 11 is 0. The fraction of sp³-hybridized carbons (Fsp3) is 0.424. The van der Waals surface area contributed by atoms with Crippen LogP contribution in [0.4, 0.5) is 22.7 Å². The van der Waals surface area contributed by atoms with Crippen molar-refractivity contribution in [2.24, 2.45) is 10.2 Å². The molecule has 0 saturated carbocycles. The third kappa shape index (κ3) is 14.1. The van der Waals surface area contributed by atoms with Gasteiger partial charge in [-0.05, 0) is 132 Å². The van der Waals surface area contributed by atoms with Crippen molar-refractivity contribution in [1.29, 1.82) is 0 Å². The van der Waals surface area contributed by atoms with E-state index in [-0.39, 0.29) is 29.1 Å². The molecule has 2 aliphatic heterocycles. The highest BCUT2D eigenvalue weighted by Crippen LogP contribution is 2.47. The number of amides is 2. The maximum Gasteiger partial charge on any atom is 0.326 e. The second kappa shape index (κ2) is 25.3. The Kier molecular flexibility index (Phi) is 19.0. The van der Waals surface area contributed by atoms with Gasteiger partial charge in [-0.25, -0.2) is 4.79 Å². The lowest BCUT2D eigenvalue weighted by Crippen LogP contribution is -2.40. The monoisotopic (exact) mass is 932 g/mol. The van der Waals surface area contributed by atoms with Gasteiger partial charge in [0.1, 0.15) is 12.6 Å². The number of allylic oxidation sites excluding steroid dienone is 6.